The van der Waals surface area contributed by atoms with E-state index in [-0.39, 0.29) is 5.91 Å². The molecule has 1 aromatic rings. The summed E-state index contributed by atoms with van der Waals surface area (Å²) in [5.74, 6) is -0.472. The van der Waals surface area contributed by atoms with Crippen LogP contribution in [0.4, 0.5) is 0 Å². The molecule has 2 rings (SSSR count). The number of hydrogen-bond donors (Lipinski definition) is 0. The monoisotopic (exact) mass is 275 g/mol. The summed E-state index contributed by atoms with van der Waals surface area (Å²) in [6.45, 7) is 5.41. The Bertz CT molecular complexity index is 498. The lowest BCUT2D eigenvalue weighted by atomic mass is 9.98. The number of hydrogen-bond acceptors (Lipinski definition) is 3. The maximum atomic E-state index is 12.4. The molecule has 0 radical (unpaired) electrons. The van der Waals surface area contributed by atoms with Crippen LogP contribution in [0.1, 0.15) is 42.6 Å². The first-order chi connectivity index (χ1) is 9.67. The third-order valence-electron chi connectivity index (χ3n) is 3.64. The Kier molecular flexibility index (Phi) is 4.77. The van der Waals surface area contributed by atoms with Crippen LogP contribution in [0.2, 0.25) is 0 Å². The molecule has 0 fully saturated rings. The molecule has 1 aromatic carbocycles. The fraction of sp³-hybridized carbons (Fsp3) is 0.500. The number of cyclic esters (lactones) is 1. The van der Waals surface area contributed by atoms with Crippen molar-refractivity contribution in [2.45, 2.75) is 39.2 Å². The molecule has 4 nitrogen and oxygen atoms in total. The van der Waals surface area contributed by atoms with E-state index in [0.29, 0.717) is 18.5 Å². The summed E-state index contributed by atoms with van der Waals surface area (Å²) < 4.78 is 5.31. The highest BCUT2D eigenvalue weighted by atomic mass is 16.5. The van der Waals surface area contributed by atoms with Crippen molar-refractivity contribution in [1.82, 2.24) is 4.90 Å². The highest BCUT2D eigenvalue weighted by molar-refractivity contribution is 5.95. The molecule has 0 aliphatic carbocycles. The zero-order chi connectivity index (χ0) is 14.5. The first kappa shape index (κ1) is 14.6. The number of amides is 1. The van der Waals surface area contributed by atoms with Gasteiger partial charge in [-0.15, -0.1) is 0 Å². The average Bonchev–Trinajstić information content (AvgIpc) is 2.47. The largest absolute Gasteiger partial charge is 0.448 e. The van der Waals surface area contributed by atoms with E-state index in [1.807, 2.05) is 25.1 Å². The first-order valence-corrected chi connectivity index (χ1v) is 7.25. The Hall–Kier alpha value is -1.84. The fourth-order valence-corrected chi connectivity index (χ4v) is 2.45. The molecular formula is C16H21NO3. The quantitative estimate of drug-likeness (QED) is 0.775. The van der Waals surface area contributed by atoms with Crippen molar-refractivity contribution in [3.05, 3.63) is 35.4 Å². The van der Waals surface area contributed by atoms with Crippen molar-refractivity contribution in [2.75, 3.05) is 13.1 Å². The van der Waals surface area contributed by atoms with E-state index in [0.717, 1.165) is 24.9 Å². The zero-order valence-corrected chi connectivity index (χ0v) is 12.1. The Labute approximate surface area is 119 Å². The van der Waals surface area contributed by atoms with Crippen molar-refractivity contribution < 1.29 is 14.3 Å². The smallest absolute Gasteiger partial charge is 0.339 e. The molecular weight excluding hydrogens is 254 g/mol. The molecule has 0 spiro atoms. The number of carbonyl (C=O) groups is 2. The number of unbranched alkanes of at least 4 members (excludes halogenated alkanes) is 1. The van der Waals surface area contributed by atoms with Gasteiger partial charge in [-0.05, 0) is 25.0 Å². The molecule has 1 atom stereocenters. The molecule has 4 heteroatoms. The summed E-state index contributed by atoms with van der Waals surface area (Å²) in [4.78, 5) is 26.1. The molecule has 1 heterocycles. The highest BCUT2D eigenvalue weighted by Crippen LogP contribution is 2.21. The van der Waals surface area contributed by atoms with Crippen molar-refractivity contribution in [2.24, 2.45) is 0 Å². The van der Waals surface area contributed by atoms with E-state index in [9.17, 15) is 9.59 Å². The summed E-state index contributed by atoms with van der Waals surface area (Å²) in [6, 6.07) is 7.32. The van der Waals surface area contributed by atoms with Gasteiger partial charge in [-0.2, -0.15) is 0 Å². The molecule has 0 saturated carbocycles. The second-order valence-electron chi connectivity index (χ2n) is 5.03. The van der Waals surface area contributed by atoms with Gasteiger partial charge in [-0.3, -0.25) is 4.79 Å². The molecule has 0 bridgehead atoms. The molecule has 0 N–H and O–H groups in total. The molecule has 0 saturated heterocycles. The summed E-state index contributed by atoms with van der Waals surface area (Å²) >= 11 is 0. The highest BCUT2D eigenvalue weighted by Gasteiger charge is 2.33. The van der Waals surface area contributed by atoms with Crippen LogP contribution >= 0.6 is 0 Å². The minimum atomic E-state index is -0.672. The number of ether oxygens (including phenoxy) is 1. The maximum Gasteiger partial charge on any atom is 0.339 e. The van der Waals surface area contributed by atoms with Gasteiger partial charge in [0.1, 0.15) is 0 Å². The lowest BCUT2D eigenvalue weighted by Gasteiger charge is -2.29. The lowest BCUT2D eigenvalue weighted by Crippen LogP contribution is -2.44. The van der Waals surface area contributed by atoms with E-state index in [2.05, 4.69) is 6.92 Å². The van der Waals surface area contributed by atoms with Gasteiger partial charge in [0.15, 0.2) is 6.10 Å². The van der Waals surface area contributed by atoms with Crippen LogP contribution in [-0.4, -0.2) is 36.0 Å². The Balaban J connectivity index is 2.11. The van der Waals surface area contributed by atoms with E-state index in [1.54, 1.807) is 11.0 Å². The van der Waals surface area contributed by atoms with Gasteiger partial charge >= 0.3 is 5.97 Å². The number of esters is 1. The second kappa shape index (κ2) is 6.55. The second-order valence-corrected chi connectivity index (χ2v) is 5.03. The number of fused-ring (bicyclic) bond motifs is 1. The summed E-state index contributed by atoms with van der Waals surface area (Å²) in [7, 11) is 0. The van der Waals surface area contributed by atoms with Crippen LogP contribution in [0.5, 0.6) is 0 Å². The SMILES string of the molecule is CCCCN(CC)C(=O)C1Cc2ccccc2C(=O)O1. The van der Waals surface area contributed by atoms with Crippen LogP contribution in [0.3, 0.4) is 0 Å². The summed E-state index contributed by atoms with van der Waals surface area (Å²) in [5.41, 5.74) is 1.47. The van der Waals surface area contributed by atoms with E-state index >= 15 is 0 Å². The van der Waals surface area contributed by atoms with Crippen molar-refractivity contribution in [3.63, 3.8) is 0 Å². The van der Waals surface area contributed by atoms with E-state index < -0.39 is 12.1 Å². The fourth-order valence-electron chi connectivity index (χ4n) is 2.45. The third kappa shape index (κ3) is 3.00. The van der Waals surface area contributed by atoms with Crippen molar-refractivity contribution in [3.8, 4) is 0 Å². The molecule has 20 heavy (non-hydrogen) atoms. The van der Waals surface area contributed by atoms with Gasteiger partial charge in [0.25, 0.3) is 5.91 Å². The number of rotatable bonds is 5. The third-order valence-corrected chi connectivity index (χ3v) is 3.64. The van der Waals surface area contributed by atoms with Gasteiger partial charge in [0, 0.05) is 19.5 Å². The summed E-state index contributed by atoms with van der Waals surface area (Å²) in [5, 5.41) is 0. The topological polar surface area (TPSA) is 46.6 Å². The standard InChI is InChI=1S/C16H21NO3/c1-3-5-10-17(4-2)15(18)14-11-12-8-6-7-9-13(12)16(19)20-14/h6-9,14H,3-5,10-11H2,1-2H3. The van der Waals surface area contributed by atoms with Crippen molar-refractivity contribution >= 4 is 11.9 Å². The maximum absolute atomic E-state index is 12.4. The average molecular weight is 275 g/mol. The van der Waals surface area contributed by atoms with Gasteiger partial charge in [0.2, 0.25) is 0 Å². The number of benzene rings is 1. The predicted molar refractivity (Wildman–Crippen MR) is 76.5 cm³/mol. The zero-order valence-electron chi connectivity index (χ0n) is 12.1. The molecule has 1 aliphatic heterocycles. The summed E-state index contributed by atoms with van der Waals surface area (Å²) in [6.07, 6.45) is 1.81. The van der Waals surface area contributed by atoms with Gasteiger partial charge in [-0.25, -0.2) is 4.79 Å². The van der Waals surface area contributed by atoms with Crippen LogP contribution in [-0.2, 0) is 16.0 Å². The van der Waals surface area contributed by atoms with Crippen LogP contribution < -0.4 is 0 Å². The van der Waals surface area contributed by atoms with Crippen molar-refractivity contribution in [1.29, 1.82) is 0 Å². The minimum Gasteiger partial charge on any atom is -0.448 e. The number of carbonyl (C=O) groups excluding carboxylic acids is 2. The van der Waals surface area contributed by atoms with E-state index in [4.69, 9.17) is 4.74 Å². The molecule has 1 aliphatic rings. The predicted octanol–water partition coefficient (Wildman–Crippen LogP) is 2.42. The first-order valence-electron chi connectivity index (χ1n) is 7.25. The molecule has 1 amide bonds. The minimum absolute atomic E-state index is 0.0798. The Morgan fingerprint density at radius 1 is 1.35 bits per heavy atom. The lowest BCUT2D eigenvalue weighted by molar-refractivity contribution is -0.141. The number of likely N-dealkylation sites (N-methyl/N-ethyl adjacent to an activating group) is 1. The molecule has 1 unspecified atom stereocenters. The van der Waals surface area contributed by atoms with Gasteiger partial charge in [-0.1, -0.05) is 31.5 Å². The Morgan fingerprint density at radius 2 is 2.10 bits per heavy atom. The van der Waals surface area contributed by atoms with Crippen LogP contribution in [0, 0.1) is 0 Å². The molecule has 108 valence electrons. The Morgan fingerprint density at radius 3 is 2.80 bits per heavy atom. The normalized spacial score (nSPS) is 17.3. The van der Waals surface area contributed by atoms with Gasteiger partial charge < -0.3 is 9.64 Å². The van der Waals surface area contributed by atoms with Crippen LogP contribution in [0.25, 0.3) is 0 Å². The molecule has 0 aromatic heterocycles. The van der Waals surface area contributed by atoms with Crippen LogP contribution in [0.15, 0.2) is 24.3 Å². The number of nitrogens with zero attached hydrogens (tertiary/aromatic N) is 1. The van der Waals surface area contributed by atoms with Gasteiger partial charge in [0.05, 0.1) is 5.56 Å². The van der Waals surface area contributed by atoms with E-state index in [1.165, 1.54) is 0 Å².